The molecule has 0 aromatic heterocycles. The van der Waals surface area contributed by atoms with Crippen LogP contribution >= 0.6 is 0 Å². The van der Waals surface area contributed by atoms with Gasteiger partial charge in [0, 0.05) is 12.3 Å². The van der Waals surface area contributed by atoms with E-state index in [4.69, 9.17) is 0 Å². The second-order valence-electron chi connectivity index (χ2n) is 7.31. The third-order valence-corrected chi connectivity index (χ3v) is 4.02. The van der Waals surface area contributed by atoms with E-state index in [0.29, 0.717) is 11.7 Å². The Morgan fingerprint density at radius 2 is 1.88 bits per heavy atom. The average molecular weight is 224 g/mol. The normalized spacial score (nSPS) is 25.4. The van der Waals surface area contributed by atoms with Crippen molar-refractivity contribution in [3.63, 3.8) is 0 Å². The van der Waals surface area contributed by atoms with Crippen molar-refractivity contribution in [2.24, 2.45) is 16.7 Å². The van der Waals surface area contributed by atoms with Crippen molar-refractivity contribution >= 4 is 5.78 Å². The summed E-state index contributed by atoms with van der Waals surface area (Å²) in [7, 11) is 0. The molecule has 1 aliphatic rings. The highest BCUT2D eigenvalue weighted by Crippen LogP contribution is 2.42. The maximum atomic E-state index is 12.3. The number of Topliss-reactive ketones (excluding diaryl/α,β-unsaturated/α-hetero) is 1. The summed E-state index contributed by atoms with van der Waals surface area (Å²) < 4.78 is 0. The SMILES string of the molecule is CC(C)(C)CCC(=O)C1CCCCC1(C)C. The first-order chi connectivity index (χ1) is 7.22. The van der Waals surface area contributed by atoms with Gasteiger partial charge in [-0.3, -0.25) is 4.79 Å². The number of ketones is 1. The predicted octanol–water partition coefficient (Wildman–Crippen LogP) is 4.60. The summed E-state index contributed by atoms with van der Waals surface area (Å²) >= 11 is 0. The molecule has 1 heteroatoms. The molecule has 0 saturated heterocycles. The summed E-state index contributed by atoms with van der Waals surface area (Å²) in [5.41, 5.74) is 0.529. The Morgan fingerprint density at radius 3 is 2.38 bits per heavy atom. The quantitative estimate of drug-likeness (QED) is 0.685. The molecule has 1 rings (SSSR count). The van der Waals surface area contributed by atoms with Gasteiger partial charge in [0.15, 0.2) is 0 Å². The van der Waals surface area contributed by atoms with Crippen LogP contribution in [0.4, 0.5) is 0 Å². The number of hydrogen-bond donors (Lipinski definition) is 0. The van der Waals surface area contributed by atoms with Gasteiger partial charge in [0.2, 0.25) is 0 Å². The summed E-state index contributed by atoms with van der Waals surface area (Å²) in [5, 5.41) is 0. The fourth-order valence-electron chi connectivity index (χ4n) is 2.76. The molecule has 1 aliphatic carbocycles. The maximum Gasteiger partial charge on any atom is 0.136 e. The molecular formula is C15H28O. The fraction of sp³-hybridized carbons (Fsp3) is 0.933. The van der Waals surface area contributed by atoms with E-state index in [-0.39, 0.29) is 10.8 Å². The number of rotatable bonds is 3. The second kappa shape index (κ2) is 4.89. The molecule has 0 N–H and O–H groups in total. The summed E-state index contributed by atoms with van der Waals surface area (Å²) in [6.07, 6.45) is 6.69. The summed E-state index contributed by atoms with van der Waals surface area (Å²) in [6.45, 7) is 11.2. The van der Waals surface area contributed by atoms with Crippen LogP contribution < -0.4 is 0 Å². The van der Waals surface area contributed by atoms with Gasteiger partial charge >= 0.3 is 0 Å². The number of hydrogen-bond acceptors (Lipinski definition) is 1. The van der Waals surface area contributed by atoms with E-state index >= 15 is 0 Å². The Morgan fingerprint density at radius 1 is 1.25 bits per heavy atom. The first kappa shape index (κ1) is 13.7. The van der Waals surface area contributed by atoms with Crippen LogP contribution in [0.15, 0.2) is 0 Å². The molecule has 1 nitrogen and oxygen atoms in total. The van der Waals surface area contributed by atoms with E-state index in [1.807, 2.05) is 0 Å². The molecule has 0 aliphatic heterocycles. The zero-order chi connectivity index (χ0) is 12.4. The number of carbonyl (C=O) groups is 1. The predicted molar refractivity (Wildman–Crippen MR) is 69.4 cm³/mol. The van der Waals surface area contributed by atoms with Crippen molar-refractivity contribution < 1.29 is 4.79 Å². The molecule has 0 aromatic rings. The first-order valence-corrected chi connectivity index (χ1v) is 6.75. The molecule has 0 bridgehead atoms. The Labute approximate surface area is 101 Å². The fourth-order valence-corrected chi connectivity index (χ4v) is 2.76. The van der Waals surface area contributed by atoms with Crippen molar-refractivity contribution in [3.05, 3.63) is 0 Å². The van der Waals surface area contributed by atoms with Gasteiger partial charge < -0.3 is 0 Å². The topological polar surface area (TPSA) is 17.1 Å². The van der Waals surface area contributed by atoms with E-state index in [0.717, 1.165) is 19.3 Å². The Kier molecular flexibility index (Phi) is 4.20. The van der Waals surface area contributed by atoms with Gasteiger partial charge in [-0.1, -0.05) is 47.5 Å². The van der Waals surface area contributed by atoms with Crippen LogP contribution in [0.3, 0.4) is 0 Å². The highest BCUT2D eigenvalue weighted by atomic mass is 16.1. The van der Waals surface area contributed by atoms with Crippen LogP contribution in [0.1, 0.15) is 73.1 Å². The van der Waals surface area contributed by atoms with Crippen LogP contribution in [0.25, 0.3) is 0 Å². The van der Waals surface area contributed by atoms with Crippen molar-refractivity contribution in [2.45, 2.75) is 73.1 Å². The molecule has 0 amide bonds. The van der Waals surface area contributed by atoms with Gasteiger partial charge in [-0.2, -0.15) is 0 Å². The molecule has 0 radical (unpaired) electrons. The van der Waals surface area contributed by atoms with Crippen LogP contribution in [-0.2, 0) is 4.79 Å². The van der Waals surface area contributed by atoms with Crippen molar-refractivity contribution in [1.82, 2.24) is 0 Å². The monoisotopic (exact) mass is 224 g/mol. The van der Waals surface area contributed by atoms with Gasteiger partial charge in [-0.25, -0.2) is 0 Å². The Hall–Kier alpha value is -0.330. The smallest absolute Gasteiger partial charge is 0.136 e. The average Bonchev–Trinajstić information content (AvgIpc) is 2.12. The largest absolute Gasteiger partial charge is 0.299 e. The van der Waals surface area contributed by atoms with Gasteiger partial charge in [0.25, 0.3) is 0 Å². The number of carbonyl (C=O) groups excluding carboxylic acids is 1. The van der Waals surface area contributed by atoms with Crippen LogP contribution in [0.5, 0.6) is 0 Å². The zero-order valence-electron chi connectivity index (χ0n) is 11.7. The van der Waals surface area contributed by atoms with Gasteiger partial charge in [0.05, 0.1) is 0 Å². The molecule has 1 atom stereocenters. The van der Waals surface area contributed by atoms with E-state index in [1.165, 1.54) is 19.3 Å². The third kappa shape index (κ3) is 3.92. The van der Waals surface area contributed by atoms with E-state index in [1.54, 1.807) is 0 Å². The van der Waals surface area contributed by atoms with Crippen LogP contribution in [-0.4, -0.2) is 5.78 Å². The van der Waals surface area contributed by atoms with Gasteiger partial charge in [-0.15, -0.1) is 0 Å². The van der Waals surface area contributed by atoms with Crippen molar-refractivity contribution in [1.29, 1.82) is 0 Å². The lowest BCUT2D eigenvalue weighted by atomic mass is 9.66. The molecule has 0 aromatic carbocycles. The van der Waals surface area contributed by atoms with Crippen LogP contribution in [0.2, 0.25) is 0 Å². The molecule has 94 valence electrons. The summed E-state index contributed by atoms with van der Waals surface area (Å²) in [5.74, 6) is 0.836. The Balaban J connectivity index is 2.52. The molecule has 1 unspecified atom stereocenters. The van der Waals surface area contributed by atoms with Gasteiger partial charge in [-0.05, 0) is 30.1 Å². The highest BCUT2D eigenvalue weighted by molar-refractivity contribution is 5.81. The standard InChI is InChI=1S/C15H28O/c1-14(2,3)11-9-13(16)12-8-6-7-10-15(12,4)5/h12H,6-11H2,1-5H3. The maximum absolute atomic E-state index is 12.3. The summed E-state index contributed by atoms with van der Waals surface area (Å²) in [4.78, 5) is 12.3. The van der Waals surface area contributed by atoms with Crippen molar-refractivity contribution in [2.75, 3.05) is 0 Å². The first-order valence-electron chi connectivity index (χ1n) is 6.75. The third-order valence-electron chi connectivity index (χ3n) is 4.02. The van der Waals surface area contributed by atoms with E-state index in [9.17, 15) is 4.79 Å². The minimum atomic E-state index is 0.243. The minimum absolute atomic E-state index is 0.243. The molecular weight excluding hydrogens is 196 g/mol. The molecule has 0 spiro atoms. The molecule has 0 heterocycles. The van der Waals surface area contributed by atoms with Gasteiger partial charge in [0.1, 0.15) is 5.78 Å². The zero-order valence-corrected chi connectivity index (χ0v) is 11.7. The van der Waals surface area contributed by atoms with Crippen LogP contribution in [0, 0.1) is 16.7 Å². The van der Waals surface area contributed by atoms with E-state index < -0.39 is 0 Å². The lowest BCUT2D eigenvalue weighted by Crippen LogP contribution is -2.34. The molecule has 16 heavy (non-hydrogen) atoms. The minimum Gasteiger partial charge on any atom is -0.299 e. The van der Waals surface area contributed by atoms with Crippen molar-refractivity contribution in [3.8, 4) is 0 Å². The molecule has 1 fully saturated rings. The lowest BCUT2D eigenvalue weighted by molar-refractivity contribution is -0.128. The van der Waals surface area contributed by atoms with E-state index in [2.05, 4.69) is 34.6 Å². The summed E-state index contributed by atoms with van der Waals surface area (Å²) in [6, 6.07) is 0. The molecule has 1 saturated carbocycles. The highest BCUT2D eigenvalue weighted by Gasteiger charge is 2.36. The second-order valence-corrected chi connectivity index (χ2v) is 7.31. The lowest BCUT2D eigenvalue weighted by Gasteiger charge is -2.38. The Bertz CT molecular complexity index is 245.